The summed E-state index contributed by atoms with van der Waals surface area (Å²) in [7, 11) is -3.97. The fourth-order valence-electron chi connectivity index (χ4n) is 3.92. The van der Waals surface area contributed by atoms with Crippen molar-refractivity contribution in [2.75, 3.05) is 24.0 Å². The van der Waals surface area contributed by atoms with Crippen molar-refractivity contribution in [3.8, 4) is 17.2 Å². The van der Waals surface area contributed by atoms with Crippen LogP contribution < -0.4 is 23.8 Å². The van der Waals surface area contributed by atoms with Gasteiger partial charge in [-0.3, -0.25) is 9.10 Å². The van der Waals surface area contributed by atoms with E-state index in [4.69, 9.17) is 25.8 Å². The number of anilines is 1. The van der Waals surface area contributed by atoms with E-state index in [2.05, 4.69) is 5.32 Å². The van der Waals surface area contributed by atoms with Gasteiger partial charge in [0.05, 0.1) is 23.7 Å². The summed E-state index contributed by atoms with van der Waals surface area (Å²) in [6.07, 6.45) is -1.46. The third-order valence-electron chi connectivity index (χ3n) is 5.76. The molecule has 0 radical (unpaired) electrons. The lowest BCUT2D eigenvalue weighted by molar-refractivity contribution is -0.128. The van der Waals surface area contributed by atoms with Crippen LogP contribution in [0, 0.1) is 6.92 Å². The summed E-state index contributed by atoms with van der Waals surface area (Å²) < 4.78 is 45.7. The van der Waals surface area contributed by atoms with Crippen LogP contribution in [-0.2, 0) is 14.8 Å². The van der Waals surface area contributed by atoms with Crippen LogP contribution in [0.2, 0.25) is 5.02 Å². The van der Waals surface area contributed by atoms with Crippen LogP contribution in [0.3, 0.4) is 0 Å². The van der Waals surface area contributed by atoms with Crippen molar-refractivity contribution in [2.45, 2.75) is 24.0 Å². The maximum atomic E-state index is 13.5. The van der Waals surface area contributed by atoms with Gasteiger partial charge in [0.2, 0.25) is 0 Å². The minimum atomic E-state index is -3.97. The molecule has 5 rings (SSSR count). The highest BCUT2D eigenvalue weighted by Gasteiger charge is 2.38. The molecule has 0 aromatic heterocycles. The van der Waals surface area contributed by atoms with Crippen LogP contribution in [0.1, 0.15) is 5.56 Å². The van der Waals surface area contributed by atoms with Gasteiger partial charge in [0.25, 0.3) is 15.9 Å². The zero-order valence-corrected chi connectivity index (χ0v) is 20.4. The number of nitrogens with zero attached hydrogens (tertiary/aromatic N) is 1. The van der Waals surface area contributed by atoms with Crippen LogP contribution >= 0.6 is 11.6 Å². The number of aryl methyl sites for hydroxylation is 1. The maximum absolute atomic E-state index is 13.5. The molecule has 2 aliphatic rings. The van der Waals surface area contributed by atoms with Crippen LogP contribution in [0.4, 0.5) is 5.69 Å². The molecule has 35 heavy (non-hydrogen) atoms. The predicted molar refractivity (Wildman–Crippen MR) is 131 cm³/mol. The van der Waals surface area contributed by atoms with Gasteiger partial charge in [0.15, 0.2) is 17.6 Å². The number of hydrogen-bond acceptors (Lipinski definition) is 6. The molecule has 0 spiro atoms. The van der Waals surface area contributed by atoms with E-state index in [-0.39, 0.29) is 36.0 Å². The van der Waals surface area contributed by atoms with Crippen molar-refractivity contribution < 1.29 is 27.4 Å². The zero-order chi connectivity index (χ0) is 24.6. The molecule has 3 aromatic rings. The number of sulfonamides is 1. The molecule has 8 nitrogen and oxygen atoms in total. The smallest absolute Gasteiger partial charge is 0.264 e. The van der Waals surface area contributed by atoms with Gasteiger partial charge in [-0.1, -0.05) is 41.4 Å². The normalized spacial score (nSPS) is 18.9. The summed E-state index contributed by atoms with van der Waals surface area (Å²) in [5.41, 5.74) is 1.21. The third kappa shape index (κ3) is 4.74. The predicted octanol–water partition coefficient (Wildman–Crippen LogP) is 3.56. The van der Waals surface area contributed by atoms with E-state index in [1.807, 2.05) is 25.1 Å². The molecule has 0 fully saturated rings. The SMILES string of the molecule is Cc1ccc(S(=O)(=O)N2C[C@@H](C(=O)NC[C@H]3COc4ccccc4O3)Oc3ccc(Cl)cc32)cc1. The zero-order valence-electron chi connectivity index (χ0n) is 18.8. The molecular formula is C25H23ClN2O6S. The first kappa shape index (κ1) is 23.3. The molecule has 0 unspecified atom stereocenters. The Labute approximate surface area is 208 Å². The molecule has 3 aromatic carbocycles. The number of carbonyl (C=O) groups is 1. The van der Waals surface area contributed by atoms with Gasteiger partial charge in [-0.15, -0.1) is 0 Å². The van der Waals surface area contributed by atoms with Crippen LogP contribution in [0.5, 0.6) is 17.2 Å². The first-order valence-corrected chi connectivity index (χ1v) is 12.8. The molecule has 1 N–H and O–H groups in total. The van der Waals surface area contributed by atoms with E-state index < -0.39 is 28.1 Å². The van der Waals surface area contributed by atoms with Crippen LogP contribution in [0.15, 0.2) is 71.6 Å². The number of halogens is 1. The molecular weight excluding hydrogens is 492 g/mol. The van der Waals surface area contributed by atoms with E-state index in [0.717, 1.165) is 5.56 Å². The lowest BCUT2D eigenvalue weighted by Crippen LogP contribution is -2.52. The van der Waals surface area contributed by atoms with Crippen molar-refractivity contribution in [3.05, 3.63) is 77.3 Å². The van der Waals surface area contributed by atoms with Gasteiger partial charge in [-0.25, -0.2) is 8.42 Å². The Morgan fingerprint density at radius 3 is 2.54 bits per heavy atom. The first-order chi connectivity index (χ1) is 16.8. The highest BCUT2D eigenvalue weighted by Crippen LogP contribution is 2.39. The quantitative estimate of drug-likeness (QED) is 0.559. The number of fused-ring (bicyclic) bond motifs is 2. The summed E-state index contributed by atoms with van der Waals surface area (Å²) in [6, 6.07) is 18.5. The second-order valence-corrected chi connectivity index (χ2v) is 10.6. The van der Waals surface area contributed by atoms with E-state index in [9.17, 15) is 13.2 Å². The van der Waals surface area contributed by atoms with Gasteiger partial charge >= 0.3 is 0 Å². The minimum Gasteiger partial charge on any atom is -0.486 e. The standard InChI is InChI=1S/C25H23ClN2O6S/c1-16-6-9-19(10-7-16)35(30,31)28-14-24(34-21-11-8-17(26)12-20(21)28)25(29)27-13-18-15-32-22-4-2-3-5-23(22)33-18/h2-12,18,24H,13-15H2,1H3,(H,27,29)/t18-,24-/m0/s1. The van der Waals surface area contributed by atoms with Crippen LogP contribution in [-0.4, -0.2) is 46.2 Å². The molecule has 2 aliphatic heterocycles. The van der Waals surface area contributed by atoms with Gasteiger partial charge in [0.1, 0.15) is 18.5 Å². The summed E-state index contributed by atoms with van der Waals surface area (Å²) >= 11 is 6.15. The molecule has 1 amide bonds. The Bertz CT molecular complexity index is 1360. The average molecular weight is 515 g/mol. The van der Waals surface area contributed by atoms with Gasteiger partial charge in [-0.05, 0) is 49.4 Å². The highest BCUT2D eigenvalue weighted by atomic mass is 35.5. The van der Waals surface area contributed by atoms with Crippen molar-refractivity contribution >= 4 is 33.2 Å². The topological polar surface area (TPSA) is 94.2 Å². The Balaban J connectivity index is 1.34. The number of para-hydroxylation sites is 2. The minimum absolute atomic E-state index is 0.113. The second-order valence-electron chi connectivity index (χ2n) is 8.31. The highest BCUT2D eigenvalue weighted by molar-refractivity contribution is 7.92. The summed E-state index contributed by atoms with van der Waals surface area (Å²) in [4.78, 5) is 13.1. The number of benzene rings is 3. The third-order valence-corrected chi connectivity index (χ3v) is 7.79. The molecule has 0 aliphatic carbocycles. The number of nitrogens with one attached hydrogen (secondary N) is 1. The Kier molecular flexibility index (Phi) is 6.21. The van der Waals surface area contributed by atoms with Crippen molar-refractivity contribution in [1.29, 1.82) is 0 Å². The number of hydrogen-bond donors (Lipinski definition) is 1. The fraction of sp³-hybridized carbons (Fsp3) is 0.240. The average Bonchev–Trinajstić information content (AvgIpc) is 2.86. The summed E-state index contributed by atoms with van der Waals surface area (Å²) in [6.45, 7) is 2.11. The van der Waals surface area contributed by atoms with E-state index in [1.54, 1.807) is 30.3 Å². The van der Waals surface area contributed by atoms with Crippen LogP contribution in [0.25, 0.3) is 0 Å². The molecule has 182 valence electrons. The van der Waals surface area contributed by atoms with E-state index in [0.29, 0.717) is 16.5 Å². The monoisotopic (exact) mass is 514 g/mol. The van der Waals surface area contributed by atoms with Gasteiger partial charge in [0, 0.05) is 5.02 Å². The Morgan fingerprint density at radius 1 is 1.03 bits per heavy atom. The van der Waals surface area contributed by atoms with E-state index in [1.165, 1.54) is 22.5 Å². The number of amides is 1. The van der Waals surface area contributed by atoms with Crippen molar-refractivity contribution in [3.63, 3.8) is 0 Å². The number of rotatable bonds is 5. The van der Waals surface area contributed by atoms with Gasteiger partial charge in [-0.2, -0.15) is 0 Å². The molecule has 0 saturated heterocycles. The first-order valence-electron chi connectivity index (χ1n) is 11.0. The van der Waals surface area contributed by atoms with Gasteiger partial charge < -0.3 is 19.5 Å². The Morgan fingerprint density at radius 2 is 1.77 bits per heavy atom. The number of ether oxygens (including phenoxy) is 3. The van der Waals surface area contributed by atoms with E-state index >= 15 is 0 Å². The summed E-state index contributed by atoms with van der Waals surface area (Å²) in [5, 5.41) is 3.15. The summed E-state index contributed by atoms with van der Waals surface area (Å²) in [5.74, 6) is 1.05. The fourth-order valence-corrected chi connectivity index (χ4v) is 5.55. The Hall–Kier alpha value is -3.43. The molecule has 2 heterocycles. The lowest BCUT2D eigenvalue weighted by atomic mass is 10.2. The molecule has 0 bridgehead atoms. The van der Waals surface area contributed by atoms with Crippen molar-refractivity contribution in [2.24, 2.45) is 0 Å². The largest absolute Gasteiger partial charge is 0.486 e. The maximum Gasteiger partial charge on any atom is 0.264 e. The van der Waals surface area contributed by atoms with Crippen molar-refractivity contribution in [1.82, 2.24) is 5.32 Å². The molecule has 0 saturated carbocycles. The molecule has 2 atom stereocenters. The lowest BCUT2D eigenvalue weighted by Gasteiger charge is -2.35. The second kappa shape index (κ2) is 9.31. The number of carbonyl (C=O) groups excluding carboxylic acids is 1. The molecule has 10 heteroatoms.